The Morgan fingerprint density at radius 2 is 1.66 bits per heavy atom. The predicted octanol–water partition coefficient (Wildman–Crippen LogP) is 3.96. The summed E-state index contributed by atoms with van der Waals surface area (Å²) in [6, 6.07) is 10.2. The number of benzene rings is 1. The van der Waals surface area contributed by atoms with E-state index in [1.165, 1.54) is 37.5 Å². The van der Waals surface area contributed by atoms with Crippen molar-refractivity contribution in [3.63, 3.8) is 0 Å². The monoisotopic (exact) mass is 455 g/mol. The van der Waals surface area contributed by atoms with Crippen LogP contribution in [0.25, 0.3) is 6.08 Å². The molecule has 32 heavy (non-hydrogen) atoms. The standard InChI is InChI=1S/C24H33N5O2S/c1-19-8-10-21(11-9-19)12-17-32(30,31)29-15-13-28(14-16-29)23-18-20(2)25-24(27-23)26-22-6-4-3-5-7-22/h8-12,17-18,22H,3-7,13-16H2,1-2H3,(H,25,26,27)/b17-12+. The molecule has 1 aromatic heterocycles. The Morgan fingerprint density at radius 3 is 2.34 bits per heavy atom. The maximum absolute atomic E-state index is 12.8. The molecule has 2 aliphatic rings. The minimum Gasteiger partial charge on any atom is -0.354 e. The number of anilines is 2. The summed E-state index contributed by atoms with van der Waals surface area (Å²) in [7, 11) is -3.45. The molecule has 2 heterocycles. The van der Waals surface area contributed by atoms with Gasteiger partial charge in [-0.2, -0.15) is 9.29 Å². The summed E-state index contributed by atoms with van der Waals surface area (Å²) in [6.07, 6.45) is 7.82. The fraction of sp³-hybridized carbons (Fsp3) is 0.500. The van der Waals surface area contributed by atoms with E-state index in [1.54, 1.807) is 10.4 Å². The first kappa shape index (κ1) is 22.7. The Labute approximate surface area is 191 Å². The third-order valence-corrected chi connectivity index (χ3v) is 7.78. The number of aromatic nitrogens is 2. The van der Waals surface area contributed by atoms with Crippen molar-refractivity contribution >= 4 is 27.9 Å². The van der Waals surface area contributed by atoms with E-state index >= 15 is 0 Å². The fourth-order valence-electron chi connectivity index (χ4n) is 4.31. The number of nitrogens with one attached hydrogen (secondary N) is 1. The van der Waals surface area contributed by atoms with Crippen LogP contribution in [-0.4, -0.2) is 54.9 Å². The first-order chi connectivity index (χ1) is 15.4. The zero-order valence-electron chi connectivity index (χ0n) is 19.0. The Hall–Kier alpha value is -2.45. The van der Waals surface area contributed by atoms with Gasteiger partial charge in [-0.3, -0.25) is 0 Å². The van der Waals surface area contributed by atoms with E-state index < -0.39 is 10.0 Å². The van der Waals surface area contributed by atoms with Crippen LogP contribution in [-0.2, 0) is 10.0 Å². The smallest absolute Gasteiger partial charge is 0.236 e. The number of nitrogens with zero attached hydrogens (tertiary/aromatic N) is 4. The number of sulfonamides is 1. The number of rotatable bonds is 6. The van der Waals surface area contributed by atoms with Gasteiger partial charge in [0.2, 0.25) is 16.0 Å². The Balaban J connectivity index is 1.38. The van der Waals surface area contributed by atoms with Crippen molar-refractivity contribution in [2.45, 2.75) is 52.0 Å². The van der Waals surface area contributed by atoms with Gasteiger partial charge in [-0.1, -0.05) is 49.1 Å². The largest absolute Gasteiger partial charge is 0.354 e. The van der Waals surface area contributed by atoms with Crippen molar-refractivity contribution in [2.24, 2.45) is 0 Å². The fourth-order valence-corrected chi connectivity index (χ4v) is 5.48. The lowest BCUT2D eigenvalue weighted by atomic mass is 9.96. The van der Waals surface area contributed by atoms with Crippen molar-refractivity contribution in [3.05, 3.63) is 52.6 Å². The molecule has 8 heteroatoms. The number of hydrogen-bond acceptors (Lipinski definition) is 6. The maximum atomic E-state index is 12.8. The highest BCUT2D eigenvalue weighted by Gasteiger charge is 2.26. The van der Waals surface area contributed by atoms with E-state index in [4.69, 9.17) is 4.98 Å². The first-order valence-corrected chi connectivity index (χ1v) is 13.0. The van der Waals surface area contributed by atoms with Gasteiger partial charge >= 0.3 is 0 Å². The molecule has 2 fully saturated rings. The second-order valence-electron chi connectivity index (χ2n) is 8.81. The molecule has 2 aromatic rings. The molecule has 1 saturated carbocycles. The van der Waals surface area contributed by atoms with Gasteiger partial charge in [0.25, 0.3) is 0 Å². The molecule has 0 spiro atoms. The van der Waals surface area contributed by atoms with Gasteiger partial charge < -0.3 is 10.2 Å². The second-order valence-corrected chi connectivity index (χ2v) is 10.6. The summed E-state index contributed by atoms with van der Waals surface area (Å²) in [4.78, 5) is 11.5. The van der Waals surface area contributed by atoms with Crippen LogP contribution in [0.15, 0.2) is 35.7 Å². The second kappa shape index (κ2) is 10.0. The van der Waals surface area contributed by atoms with E-state index in [-0.39, 0.29) is 0 Å². The van der Waals surface area contributed by atoms with Crippen LogP contribution >= 0.6 is 0 Å². The molecular formula is C24H33N5O2S. The summed E-state index contributed by atoms with van der Waals surface area (Å²) in [5.74, 6) is 1.55. The molecule has 0 radical (unpaired) electrons. The van der Waals surface area contributed by atoms with Crippen LogP contribution in [0.4, 0.5) is 11.8 Å². The van der Waals surface area contributed by atoms with Crippen LogP contribution in [0.3, 0.4) is 0 Å². The lowest BCUT2D eigenvalue weighted by Crippen LogP contribution is -2.48. The molecular weight excluding hydrogens is 422 g/mol. The number of piperazine rings is 1. The number of hydrogen-bond donors (Lipinski definition) is 1. The summed E-state index contributed by atoms with van der Waals surface area (Å²) >= 11 is 0. The molecule has 1 aliphatic carbocycles. The average Bonchev–Trinajstić information content (AvgIpc) is 2.79. The van der Waals surface area contributed by atoms with Crippen molar-refractivity contribution in [3.8, 4) is 0 Å². The summed E-state index contributed by atoms with van der Waals surface area (Å²) < 4.78 is 27.1. The van der Waals surface area contributed by atoms with Crippen molar-refractivity contribution in [2.75, 3.05) is 36.4 Å². The van der Waals surface area contributed by atoms with Gasteiger partial charge in [0.05, 0.1) is 0 Å². The Bertz CT molecular complexity index is 1040. The highest BCUT2D eigenvalue weighted by molar-refractivity contribution is 7.92. The molecule has 1 N–H and O–H groups in total. The van der Waals surface area contributed by atoms with Crippen LogP contribution in [0, 0.1) is 13.8 Å². The van der Waals surface area contributed by atoms with E-state index in [0.29, 0.717) is 38.2 Å². The van der Waals surface area contributed by atoms with Crippen LogP contribution in [0.5, 0.6) is 0 Å². The summed E-state index contributed by atoms with van der Waals surface area (Å²) in [5.41, 5.74) is 2.95. The molecule has 7 nitrogen and oxygen atoms in total. The van der Waals surface area contributed by atoms with Gasteiger partial charge in [0.15, 0.2) is 0 Å². The molecule has 172 valence electrons. The molecule has 4 rings (SSSR count). The number of aryl methyl sites for hydroxylation is 2. The normalized spacial score (nSPS) is 18.9. The van der Waals surface area contributed by atoms with Gasteiger partial charge in [-0.05, 0) is 38.3 Å². The quantitative estimate of drug-likeness (QED) is 0.710. The van der Waals surface area contributed by atoms with Crippen molar-refractivity contribution < 1.29 is 8.42 Å². The van der Waals surface area contributed by atoms with E-state index in [9.17, 15) is 8.42 Å². The Kier molecular flexibility index (Phi) is 7.10. The van der Waals surface area contributed by atoms with E-state index in [2.05, 4.69) is 15.2 Å². The third kappa shape index (κ3) is 5.86. The summed E-state index contributed by atoms with van der Waals surface area (Å²) in [5, 5.41) is 4.82. The third-order valence-electron chi connectivity index (χ3n) is 6.21. The van der Waals surface area contributed by atoms with Gasteiger partial charge in [-0.25, -0.2) is 13.4 Å². The average molecular weight is 456 g/mol. The molecule has 0 unspecified atom stereocenters. The minimum atomic E-state index is -3.45. The maximum Gasteiger partial charge on any atom is 0.236 e. The van der Waals surface area contributed by atoms with Crippen molar-refractivity contribution in [1.82, 2.24) is 14.3 Å². The zero-order valence-corrected chi connectivity index (χ0v) is 19.8. The Morgan fingerprint density at radius 1 is 0.969 bits per heavy atom. The first-order valence-electron chi connectivity index (χ1n) is 11.5. The molecule has 0 atom stereocenters. The molecule has 0 bridgehead atoms. The zero-order chi connectivity index (χ0) is 22.6. The molecule has 1 aromatic carbocycles. The van der Waals surface area contributed by atoms with Crippen LogP contribution in [0.2, 0.25) is 0 Å². The summed E-state index contributed by atoms with van der Waals surface area (Å²) in [6.45, 7) is 6.09. The van der Waals surface area contributed by atoms with Crippen LogP contribution < -0.4 is 10.2 Å². The molecule has 1 saturated heterocycles. The SMILES string of the molecule is Cc1ccc(/C=C/S(=O)(=O)N2CCN(c3cc(C)nc(NC4CCCCC4)n3)CC2)cc1. The van der Waals surface area contributed by atoms with Crippen LogP contribution in [0.1, 0.15) is 48.9 Å². The lowest BCUT2D eigenvalue weighted by Gasteiger charge is -2.34. The van der Waals surface area contributed by atoms with Crippen molar-refractivity contribution in [1.29, 1.82) is 0 Å². The van der Waals surface area contributed by atoms with Gasteiger partial charge in [0.1, 0.15) is 5.82 Å². The van der Waals surface area contributed by atoms with Gasteiger partial charge in [-0.15, -0.1) is 0 Å². The highest BCUT2D eigenvalue weighted by atomic mass is 32.2. The highest BCUT2D eigenvalue weighted by Crippen LogP contribution is 2.23. The van der Waals surface area contributed by atoms with Gasteiger partial charge in [0, 0.05) is 49.4 Å². The van der Waals surface area contributed by atoms with E-state index in [1.807, 2.05) is 44.2 Å². The van der Waals surface area contributed by atoms with E-state index in [0.717, 1.165) is 22.6 Å². The molecule has 0 amide bonds. The minimum absolute atomic E-state index is 0.439. The molecule has 1 aliphatic heterocycles. The topological polar surface area (TPSA) is 78.4 Å². The lowest BCUT2D eigenvalue weighted by molar-refractivity contribution is 0.388. The predicted molar refractivity (Wildman–Crippen MR) is 130 cm³/mol.